The molecule has 0 saturated heterocycles. The van der Waals surface area contributed by atoms with E-state index in [1.807, 2.05) is 54.6 Å². The molecule has 0 bridgehead atoms. The van der Waals surface area contributed by atoms with E-state index >= 15 is 0 Å². The summed E-state index contributed by atoms with van der Waals surface area (Å²) in [6, 6.07) is 26.9. The maximum absolute atomic E-state index is 9.86. The van der Waals surface area contributed by atoms with E-state index in [9.17, 15) is 5.11 Å². The zero-order valence-electron chi connectivity index (χ0n) is 14.9. The topological polar surface area (TPSA) is 58.6 Å². The van der Waals surface area contributed by atoms with Gasteiger partial charge in [0, 0.05) is 16.3 Å². The fraction of sp³-hybridized carbons (Fsp3) is 0. The number of fused-ring (bicyclic) bond motifs is 3. The number of aliphatic imine (C=N–C) groups is 1. The van der Waals surface area contributed by atoms with Gasteiger partial charge in [0.15, 0.2) is 0 Å². The first-order valence-corrected chi connectivity index (χ1v) is 8.99. The van der Waals surface area contributed by atoms with Crippen molar-refractivity contribution in [3.8, 4) is 17.0 Å². The van der Waals surface area contributed by atoms with Crippen LogP contribution in [-0.2, 0) is 0 Å². The van der Waals surface area contributed by atoms with Gasteiger partial charge in [-0.1, -0.05) is 48.5 Å². The van der Waals surface area contributed by atoms with Crippen LogP contribution in [0.4, 0.5) is 5.69 Å². The molecule has 5 rings (SSSR count). The zero-order valence-corrected chi connectivity index (χ0v) is 14.9. The average molecular weight is 364 g/mol. The fourth-order valence-corrected chi connectivity index (χ4v) is 3.33. The molecule has 4 nitrogen and oxygen atoms in total. The number of hydrogen-bond acceptors (Lipinski definition) is 4. The van der Waals surface area contributed by atoms with Gasteiger partial charge in [0.05, 0.1) is 17.6 Å². The van der Waals surface area contributed by atoms with Crippen molar-refractivity contribution in [2.24, 2.45) is 4.99 Å². The highest BCUT2D eigenvalue weighted by Gasteiger charge is 2.12. The van der Waals surface area contributed by atoms with Gasteiger partial charge in [0.25, 0.3) is 0 Å². The molecule has 1 N–H and O–H groups in total. The number of rotatable bonds is 3. The first-order chi connectivity index (χ1) is 13.8. The number of benzene rings is 3. The molecule has 4 heteroatoms. The molecule has 134 valence electrons. The molecule has 0 aliphatic carbocycles. The summed E-state index contributed by atoms with van der Waals surface area (Å²) in [5, 5.41) is 12.0. The van der Waals surface area contributed by atoms with Gasteiger partial charge in [0.2, 0.25) is 0 Å². The van der Waals surface area contributed by atoms with E-state index in [2.05, 4.69) is 17.1 Å². The second kappa shape index (κ2) is 6.67. The highest BCUT2D eigenvalue weighted by Crippen LogP contribution is 2.35. The molecule has 5 aromatic rings. The van der Waals surface area contributed by atoms with Crippen LogP contribution >= 0.6 is 0 Å². The van der Waals surface area contributed by atoms with E-state index in [1.165, 1.54) is 0 Å². The predicted molar refractivity (Wildman–Crippen MR) is 112 cm³/mol. The third-order valence-electron chi connectivity index (χ3n) is 4.67. The van der Waals surface area contributed by atoms with Gasteiger partial charge in [-0.3, -0.25) is 4.99 Å². The Morgan fingerprint density at radius 1 is 0.786 bits per heavy atom. The van der Waals surface area contributed by atoms with Crippen LogP contribution in [0, 0.1) is 0 Å². The molecule has 0 radical (unpaired) electrons. The first-order valence-electron chi connectivity index (χ1n) is 8.99. The van der Waals surface area contributed by atoms with Gasteiger partial charge in [-0.15, -0.1) is 0 Å². The third kappa shape index (κ3) is 2.81. The van der Waals surface area contributed by atoms with Crippen molar-refractivity contribution >= 4 is 33.8 Å². The standard InChI is InChI=1S/C24H16N2O2/c27-22-13-3-2-11-21(22)25-15-16-7-5-12-20(26-16)19-10-6-9-18-17-8-1-4-14-23(17)28-24(18)19/h1-15,27H/b25-15+. The van der Waals surface area contributed by atoms with E-state index in [1.54, 1.807) is 24.4 Å². The molecule has 0 fully saturated rings. The smallest absolute Gasteiger partial charge is 0.144 e. The van der Waals surface area contributed by atoms with Crippen LogP contribution in [-0.4, -0.2) is 16.3 Å². The summed E-state index contributed by atoms with van der Waals surface area (Å²) in [4.78, 5) is 9.06. The summed E-state index contributed by atoms with van der Waals surface area (Å²) >= 11 is 0. The van der Waals surface area contributed by atoms with Crippen LogP contribution in [0.5, 0.6) is 5.75 Å². The van der Waals surface area contributed by atoms with Crippen molar-refractivity contribution in [1.82, 2.24) is 4.98 Å². The van der Waals surface area contributed by atoms with Gasteiger partial charge in [0.1, 0.15) is 22.6 Å². The van der Waals surface area contributed by atoms with Gasteiger partial charge < -0.3 is 9.52 Å². The SMILES string of the molecule is Oc1ccccc1/N=C/c1cccc(-c2cccc3c2oc2ccccc23)n1. The molecular weight excluding hydrogens is 348 g/mol. The molecule has 2 heterocycles. The molecule has 28 heavy (non-hydrogen) atoms. The third-order valence-corrected chi connectivity index (χ3v) is 4.67. The van der Waals surface area contributed by atoms with Crippen LogP contribution in [0.15, 0.2) is 94.3 Å². The first kappa shape index (κ1) is 16.3. The van der Waals surface area contributed by atoms with Gasteiger partial charge in [-0.2, -0.15) is 0 Å². The lowest BCUT2D eigenvalue weighted by Crippen LogP contribution is -1.90. The summed E-state index contributed by atoms with van der Waals surface area (Å²) in [7, 11) is 0. The number of pyridine rings is 1. The number of nitrogens with zero attached hydrogens (tertiary/aromatic N) is 2. The Labute approximate surface area is 161 Å². The molecule has 2 aromatic heterocycles. The van der Waals surface area contributed by atoms with Crippen molar-refractivity contribution in [2.45, 2.75) is 0 Å². The molecule has 0 atom stereocenters. The lowest BCUT2D eigenvalue weighted by Gasteiger charge is -2.03. The molecule has 0 spiro atoms. The van der Waals surface area contributed by atoms with E-state index in [0.29, 0.717) is 11.4 Å². The summed E-state index contributed by atoms with van der Waals surface area (Å²) in [6.45, 7) is 0. The normalized spacial score (nSPS) is 11.6. The van der Waals surface area contributed by atoms with Crippen LogP contribution in [0.25, 0.3) is 33.2 Å². The Bertz CT molecular complexity index is 1340. The molecule has 0 saturated carbocycles. The zero-order chi connectivity index (χ0) is 18.9. The lowest BCUT2D eigenvalue weighted by atomic mass is 10.1. The highest BCUT2D eigenvalue weighted by atomic mass is 16.3. The summed E-state index contributed by atoms with van der Waals surface area (Å²) in [6.07, 6.45) is 1.65. The Morgan fingerprint density at radius 3 is 2.50 bits per heavy atom. The van der Waals surface area contributed by atoms with E-state index in [4.69, 9.17) is 9.40 Å². The van der Waals surface area contributed by atoms with E-state index in [0.717, 1.165) is 33.2 Å². The van der Waals surface area contributed by atoms with Crippen molar-refractivity contribution in [3.63, 3.8) is 0 Å². The second-order valence-corrected chi connectivity index (χ2v) is 6.48. The lowest BCUT2D eigenvalue weighted by molar-refractivity contribution is 0.477. The quantitative estimate of drug-likeness (QED) is 0.393. The second-order valence-electron chi connectivity index (χ2n) is 6.48. The van der Waals surface area contributed by atoms with Crippen molar-refractivity contribution < 1.29 is 9.52 Å². The van der Waals surface area contributed by atoms with Crippen molar-refractivity contribution in [3.05, 3.63) is 90.6 Å². The van der Waals surface area contributed by atoms with Crippen LogP contribution in [0.3, 0.4) is 0 Å². The average Bonchev–Trinajstić information content (AvgIpc) is 3.12. The number of phenols is 1. The molecule has 3 aromatic carbocycles. The maximum Gasteiger partial charge on any atom is 0.144 e. The number of phenolic OH excluding ortho intramolecular Hbond substituents is 1. The Kier molecular flexibility index (Phi) is 3.87. The Balaban J connectivity index is 1.59. The maximum atomic E-state index is 9.86. The molecule has 0 aliphatic rings. The van der Waals surface area contributed by atoms with Crippen LogP contribution < -0.4 is 0 Å². The minimum atomic E-state index is 0.141. The van der Waals surface area contributed by atoms with Gasteiger partial charge in [-0.05, 0) is 36.4 Å². The molecule has 0 unspecified atom stereocenters. The number of aromatic nitrogens is 1. The largest absolute Gasteiger partial charge is 0.506 e. The summed E-state index contributed by atoms with van der Waals surface area (Å²) < 4.78 is 6.12. The van der Waals surface area contributed by atoms with Crippen LogP contribution in [0.1, 0.15) is 5.69 Å². The number of para-hydroxylation sites is 4. The minimum Gasteiger partial charge on any atom is -0.506 e. The highest BCUT2D eigenvalue weighted by molar-refractivity contribution is 6.09. The van der Waals surface area contributed by atoms with Crippen molar-refractivity contribution in [2.75, 3.05) is 0 Å². The van der Waals surface area contributed by atoms with Gasteiger partial charge in [-0.25, -0.2) is 4.98 Å². The number of aromatic hydroxyl groups is 1. The van der Waals surface area contributed by atoms with Gasteiger partial charge >= 0.3 is 0 Å². The number of furan rings is 1. The predicted octanol–water partition coefficient (Wildman–Crippen LogP) is 6.10. The molecular formula is C24H16N2O2. The molecule has 0 aliphatic heterocycles. The Hall–Kier alpha value is -3.92. The minimum absolute atomic E-state index is 0.141. The van der Waals surface area contributed by atoms with Crippen LogP contribution in [0.2, 0.25) is 0 Å². The molecule has 0 amide bonds. The Morgan fingerprint density at radius 2 is 1.57 bits per heavy atom. The summed E-state index contributed by atoms with van der Waals surface area (Å²) in [5.74, 6) is 0.141. The fourth-order valence-electron chi connectivity index (χ4n) is 3.33. The van der Waals surface area contributed by atoms with Crippen molar-refractivity contribution in [1.29, 1.82) is 0 Å². The monoisotopic (exact) mass is 364 g/mol. The number of hydrogen-bond donors (Lipinski definition) is 1. The summed E-state index contributed by atoms with van der Waals surface area (Å²) in [5.41, 5.74) is 4.65. The van der Waals surface area contributed by atoms with E-state index < -0.39 is 0 Å². The van der Waals surface area contributed by atoms with E-state index in [-0.39, 0.29) is 5.75 Å².